The topological polar surface area (TPSA) is 94.1 Å². The number of carbonyl (C=O) groups excluding carboxylic acids is 1. The van der Waals surface area contributed by atoms with Crippen molar-refractivity contribution >= 4 is 5.97 Å². The van der Waals surface area contributed by atoms with Crippen molar-refractivity contribution in [2.75, 3.05) is 6.61 Å². The normalized spacial score (nSPS) is 12.8. The first-order valence-electron chi connectivity index (χ1n) is 5.38. The number of esters is 1. The van der Waals surface area contributed by atoms with E-state index in [1.807, 2.05) is 6.07 Å². The van der Waals surface area contributed by atoms with Crippen molar-refractivity contribution in [3.8, 4) is 17.9 Å². The summed E-state index contributed by atoms with van der Waals surface area (Å²) in [6.07, 6.45) is 0. The molecule has 1 N–H and O–H groups in total. The van der Waals surface area contributed by atoms with Crippen molar-refractivity contribution in [3.63, 3.8) is 0 Å². The van der Waals surface area contributed by atoms with Gasteiger partial charge >= 0.3 is 5.97 Å². The molecule has 0 aliphatic heterocycles. The van der Waals surface area contributed by atoms with Gasteiger partial charge in [0, 0.05) is 0 Å². The standard InChI is InChI=1S/C13H12N2O3/c1-2-18-13(17)12(8-15)11(7-14)9-3-5-10(16)6-4-9/h3-6,11-12,16H,2H2,1H3. The summed E-state index contributed by atoms with van der Waals surface area (Å²) in [4.78, 5) is 11.6. The summed E-state index contributed by atoms with van der Waals surface area (Å²) in [6, 6.07) is 9.53. The van der Waals surface area contributed by atoms with Gasteiger partial charge in [-0.2, -0.15) is 10.5 Å². The van der Waals surface area contributed by atoms with E-state index in [9.17, 15) is 4.79 Å². The summed E-state index contributed by atoms with van der Waals surface area (Å²) in [5.41, 5.74) is 0.495. The monoisotopic (exact) mass is 244 g/mol. The molecule has 2 unspecified atom stereocenters. The fourth-order valence-electron chi connectivity index (χ4n) is 1.52. The molecule has 92 valence electrons. The smallest absolute Gasteiger partial charge is 0.325 e. The number of benzene rings is 1. The van der Waals surface area contributed by atoms with Crippen LogP contribution in [0.5, 0.6) is 5.75 Å². The van der Waals surface area contributed by atoms with Crippen LogP contribution in [0.3, 0.4) is 0 Å². The highest BCUT2D eigenvalue weighted by Crippen LogP contribution is 2.26. The van der Waals surface area contributed by atoms with Crippen LogP contribution in [0.4, 0.5) is 0 Å². The van der Waals surface area contributed by atoms with Crippen molar-refractivity contribution in [1.29, 1.82) is 10.5 Å². The maximum atomic E-state index is 11.6. The van der Waals surface area contributed by atoms with Gasteiger partial charge in [0.05, 0.1) is 24.7 Å². The lowest BCUT2D eigenvalue weighted by Gasteiger charge is -2.14. The molecule has 0 saturated heterocycles. The van der Waals surface area contributed by atoms with E-state index in [1.165, 1.54) is 24.3 Å². The number of aromatic hydroxyl groups is 1. The van der Waals surface area contributed by atoms with Crippen molar-refractivity contribution in [3.05, 3.63) is 29.8 Å². The third kappa shape index (κ3) is 2.99. The highest BCUT2D eigenvalue weighted by Gasteiger charge is 2.31. The molecule has 0 heterocycles. The molecule has 0 spiro atoms. The predicted octanol–water partition coefficient (Wildman–Crippen LogP) is 1.70. The molecule has 0 aromatic heterocycles. The number of carbonyl (C=O) groups is 1. The highest BCUT2D eigenvalue weighted by atomic mass is 16.5. The Morgan fingerprint density at radius 1 is 1.33 bits per heavy atom. The zero-order chi connectivity index (χ0) is 13.5. The Bertz CT molecular complexity index is 496. The van der Waals surface area contributed by atoms with E-state index in [0.29, 0.717) is 5.56 Å². The van der Waals surface area contributed by atoms with Crippen molar-refractivity contribution < 1.29 is 14.6 Å². The van der Waals surface area contributed by atoms with Gasteiger partial charge in [0.2, 0.25) is 0 Å². The van der Waals surface area contributed by atoms with Gasteiger partial charge in [0.25, 0.3) is 0 Å². The van der Waals surface area contributed by atoms with Crippen LogP contribution in [-0.4, -0.2) is 17.7 Å². The van der Waals surface area contributed by atoms with Gasteiger partial charge < -0.3 is 9.84 Å². The number of rotatable bonds is 4. The Hall–Kier alpha value is -2.53. The molecular weight excluding hydrogens is 232 g/mol. The summed E-state index contributed by atoms with van der Waals surface area (Å²) in [7, 11) is 0. The van der Waals surface area contributed by atoms with Crippen LogP contribution in [0.1, 0.15) is 18.4 Å². The molecule has 1 aromatic rings. The first-order valence-corrected chi connectivity index (χ1v) is 5.38. The second-order valence-electron chi connectivity index (χ2n) is 3.56. The fraction of sp³-hybridized carbons (Fsp3) is 0.308. The predicted molar refractivity (Wildman–Crippen MR) is 62.2 cm³/mol. The number of hydrogen-bond acceptors (Lipinski definition) is 5. The zero-order valence-electron chi connectivity index (χ0n) is 9.83. The lowest BCUT2D eigenvalue weighted by molar-refractivity contribution is -0.146. The number of hydrogen-bond donors (Lipinski definition) is 1. The summed E-state index contributed by atoms with van der Waals surface area (Å²) in [6.45, 7) is 1.79. The van der Waals surface area contributed by atoms with E-state index in [2.05, 4.69) is 0 Å². The summed E-state index contributed by atoms with van der Waals surface area (Å²) >= 11 is 0. The Morgan fingerprint density at radius 3 is 2.39 bits per heavy atom. The molecule has 0 bridgehead atoms. The van der Waals surface area contributed by atoms with Gasteiger partial charge in [-0.05, 0) is 24.6 Å². The molecule has 2 atom stereocenters. The van der Waals surface area contributed by atoms with Crippen LogP contribution in [0.2, 0.25) is 0 Å². The molecule has 1 aromatic carbocycles. The number of nitriles is 2. The van der Waals surface area contributed by atoms with Gasteiger partial charge in [-0.3, -0.25) is 4.79 Å². The van der Waals surface area contributed by atoms with Gasteiger partial charge in [-0.25, -0.2) is 0 Å². The highest BCUT2D eigenvalue weighted by molar-refractivity contribution is 5.77. The summed E-state index contributed by atoms with van der Waals surface area (Å²) in [5, 5.41) is 27.2. The number of phenolic OH excluding ortho intramolecular Hbond substituents is 1. The Morgan fingerprint density at radius 2 is 1.94 bits per heavy atom. The van der Waals surface area contributed by atoms with Gasteiger partial charge in [0.15, 0.2) is 5.92 Å². The Balaban J connectivity index is 3.02. The lowest BCUT2D eigenvalue weighted by atomic mass is 9.88. The molecular formula is C13H12N2O3. The molecule has 1 rings (SSSR count). The van der Waals surface area contributed by atoms with Crippen molar-refractivity contribution in [2.24, 2.45) is 5.92 Å². The molecule has 0 aliphatic rings. The average molecular weight is 244 g/mol. The van der Waals surface area contributed by atoms with Crippen LogP contribution in [0.15, 0.2) is 24.3 Å². The SMILES string of the molecule is CCOC(=O)C(C#N)C(C#N)c1ccc(O)cc1. The van der Waals surface area contributed by atoms with Crippen LogP contribution in [0.25, 0.3) is 0 Å². The van der Waals surface area contributed by atoms with Gasteiger partial charge in [0.1, 0.15) is 5.75 Å². The first-order chi connectivity index (χ1) is 8.63. The van der Waals surface area contributed by atoms with E-state index < -0.39 is 17.8 Å². The molecule has 0 saturated carbocycles. The fourth-order valence-corrected chi connectivity index (χ4v) is 1.52. The molecule has 5 heteroatoms. The maximum Gasteiger partial charge on any atom is 0.325 e. The van der Waals surface area contributed by atoms with Crippen LogP contribution >= 0.6 is 0 Å². The lowest BCUT2D eigenvalue weighted by Crippen LogP contribution is -2.22. The quantitative estimate of drug-likeness (QED) is 0.813. The largest absolute Gasteiger partial charge is 0.508 e. The molecule has 0 amide bonds. The van der Waals surface area contributed by atoms with Crippen molar-refractivity contribution in [1.82, 2.24) is 0 Å². The number of nitrogens with zero attached hydrogens (tertiary/aromatic N) is 2. The van der Waals surface area contributed by atoms with Crippen molar-refractivity contribution in [2.45, 2.75) is 12.8 Å². The van der Waals surface area contributed by atoms with E-state index in [-0.39, 0.29) is 12.4 Å². The molecule has 0 fully saturated rings. The molecule has 5 nitrogen and oxygen atoms in total. The van der Waals surface area contributed by atoms with Gasteiger partial charge in [-0.15, -0.1) is 0 Å². The molecule has 18 heavy (non-hydrogen) atoms. The van der Waals surface area contributed by atoms with Crippen LogP contribution in [-0.2, 0) is 9.53 Å². The minimum absolute atomic E-state index is 0.0556. The zero-order valence-corrected chi connectivity index (χ0v) is 9.83. The minimum atomic E-state index is -1.17. The second kappa shape index (κ2) is 6.27. The Kier molecular flexibility index (Phi) is 4.71. The van der Waals surface area contributed by atoms with Gasteiger partial charge in [-0.1, -0.05) is 12.1 Å². The maximum absolute atomic E-state index is 11.6. The average Bonchev–Trinajstić information content (AvgIpc) is 2.37. The van der Waals surface area contributed by atoms with E-state index >= 15 is 0 Å². The second-order valence-corrected chi connectivity index (χ2v) is 3.56. The third-order valence-corrected chi connectivity index (χ3v) is 2.40. The van der Waals surface area contributed by atoms with E-state index in [0.717, 1.165) is 0 Å². The van der Waals surface area contributed by atoms with Crippen LogP contribution < -0.4 is 0 Å². The minimum Gasteiger partial charge on any atom is -0.508 e. The first kappa shape index (κ1) is 13.5. The summed E-state index contributed by atoms with van der Waals surface area (Å²) in [5.74, 6) is -2.73. The summed E-state index contributed by atoms with van der Waals surface area (Å²) < 4.78 is 4.76. The molecule has 0 radical (unpaired) electrons. The third-order valence-electron chi connectivity index (χ3n) is 2.40. The van der Waals surface area contributed by atoms with E-state index in [4.69, 9.17) is 20.4 Å². The number of phenols is 1. The Labute approximate surface area is 105 Å². The molecule has 0 aliphatic carbocycles. The van der Waals surface area contributed by atoms with Crippen LogP contribution in [0, 0.1) is 28.6 Å². The number of ether oxygens (including phenoxy) is 1. The van der Waals surface area contributed by atoms with E-state index in [1.54, 1.807) is 13.0 Å².